The lowest BCUT2D eigenvalue weighted by atomic mass is 9.94. The molecule has 8 nitrogen and oxygen atoms in total. The maximum Gasteiger partial charge on any atom is 0.338 e. The molecule has 2 N–H and O–H groups in total. The van der Waals surface area contributed by atoms with Crippen LogP contribution in [-0.2, 0) is 14.3 Å². The number of esters is 1. The zero-order valence-electron chi connectivity index (χ0n) is 23.0. The molecule has 3 aromatic carbocycles. The van der Waals surface area contributed by atoms with Crippen LogP contribution >= 0.6 is 0 Å². The minimum atomic E-state index is -0.976. The molecule has 0 radical (unpaired) electrons. The van der Waals surface area contributed by atoms with Gasteiger partial charge >= 0.3 is 5.97 Å². The highest BCUT2D eigenvalue weighted by Crippen LogP contribution is 2.42. The van der Waals surface area contributed by atoms with Gasteiger partial charge in [-0.15, -0.1) is 0 Å². The number of nitrogens with zero attached hydrogens (tertiary/aromatic N) is 1. The molecule has 1 aliphatic heterocycles. The van der Waals surface area contributed by atoms with Crippen molar-refractivity contribution in [2.45, 2.75) is 40.2 Å². The first-order chi connectivity index (χ1) is 19.1. The number of aliphatic hydroxyl groups excluding tert-OH is 1. The number of ether oxygens (including phenoxy) is 2. The number of phenols is 1. The average Bonchev–Trinajstić information content (AvgIpc) is 3.20. The van der Waals surface area contributed by atoms with Gasteiger partial charge in [-0.05, 0) is 85.0 Å². The van der Waals surface area contributed by atoms with Crippen molar-refractivity contribution >= 4 is 29.1 Å². The van der Waals surface area contributed by atoms with Gasteiger partial charge in [0, 0.05) is 11.3 Å². The van der Waals surface area contributed by atoms with Gasteiger partial charge in [0.15, 0.2) is 0 Å². The molecule has 1 saturated heterocycles. The lowest BCUT2D eigenvalue weighted by molar-refractivity contribution is -0.132. The first-order valence-electron chi connectivity index (χ1n) is 13.2. The Morgan fingerprint density at radius 1 is 0.975 bits per heavy atom. The number of rotatable bonds is 9. The third kappa shape index (κ3) is 5.86. The number of hydrogen-bond acceptors (Lipinski definition) is 7. The second-order valence-corrected chi connectivity index (χ2v) is 10.1. The number of benzene rings is 3. The highest BCUT2D eigenvalue weighted by atomic mass is 16.5. The number of carbonyl (C=O) groups is 3. The minimum Gasteiger partial charge on any atom is -0.508 e. The van der Waals surface area contributed by atoms with Gasteiger partial charge in [0.25, 0.3) is 11.7 Å². The Morgan fingerprint density at radius 3 is 2.23 bits per heavy atom. The quantitative estimate of drug-likeness (QED) is 0.149. The highest BCUT2D eigenvalue weighted by molar-refractivity contribution is 6.51. The Hall–Kier alpha value is -4.59. The van der Waals surface area contributed by atoms with Crippen molar-refractivity contribution in [3.05, 3.63) is 94.6 Å². The predicted molar refractivity (Wildman–Crippen MR) is 151 cm³/mol. The summed E-state index contributed by atoms with van der Waals surface area (Å²) in [4.78, 5) is 40.4. The van der Waals surface area contributed by atoms with Crippen LogP contribution < -0.4 is 9.64 Å². The first-order valence-corrected chi connectivity index (χ1v) is 13.2. The van der Waals surface area contributed by atoms with Gasteiger partial charge < -0.3 is 19.7 Å². The summed E-state index contributed by atoms with van der Waals surface area (Å²) in [7, 11) is 0. The van der Waals surface area contributed by atoms with Crippen LogP contribution in [0.5, 0.6) is 11.5 Å². The van der Waals surface area contributed by atoms with E-state index in [-0.39, 0.29) is 17.1 Å². The number of aromatic hydroxyl groups is 1. The Bertz CT molecular complexity index is 1440. The third-order valence-electron chi connectivity index (χ3n) is 6.49. The molecule has 8 heteroatoms. The number of aryl methyl sites for hydroxylation is 1. The molecule has 40 heavy (non-hydrogen) atoms. The Labute approximate surface area is 233 Å². The van der Waals surface area contributed by atoms with Gasteiger partial charge in [-0.1, -0.05) is 32.9 Å². The van der Waals surface area contributed by atoms with Crippen molar-refractivity contribution in [2.24, 2.45) is 5.92 Å². The molecule has 1 heterocycles. The largest absolute Gasteiger partial charge is 0.508 e. The number of aliphatic hydroxyl groups is 1. The van der Waals surface area contributed by atoms with E-state index in [0.29, 0.717) is 53.7 Å². The summed E-state index contributed by atoms with van der Waals surface area (Å²) in [6, 6.07) is 16.4. The number of phenolic OH excluding ortho intramolecular Hbond substituents is 1. The third-order valence-corrected chi connectivity index (χ3v) is 6.49. The number of carbonyl (C=O) groups excluding carboxylic acids is 3. The van der Waals surface area contributed by atoms with Crippen LogP contribution in [0.1, 0.15) is 60.3 Å². The monoisotopic (exact) mass is 543 g/mol. The van der Waals surface area contributed by atoms with E-state index in [4.69, 9.17) is 9.47 Å². The summed E-state index contributed by atoms with van der Waals surface area (Å²) < 4.78 is 11.0. The van der Waals surface area contributed by atoms with Crippen molar-refractivity contribution < 1.29 is 34.1 Å². The molecular formula is C32H33NO7. The zero-order chi connectivity index (χ0) is 29.0. The molecule has 208 valence electrons. The number of amides is 1. The summed E-state index contributed by atoms with van der Waals surface area (Å²) in [5.41, 5.74) is 2.23. The summed E-state index contributed by atoms with van der Waals surface area (Å²) >= 11 is 0. The topological polar surface area (TPSA) is 113 Å². The average molecular weight is 544 g/mol. The summed E-state index contributed by atoms with van der Waals surface area (Å²) in [6.45, 7) is 8.66. The molecule has 1 amide bonds. The molecule has 1 unspecified atom stereocenters. The van der Waals surface area contributed by atoms with Crippen molar-refractivity contribution in [3.8, 4) is 11.5 Å². The molecule has 1 aliphatic rings. The molecule has 1 fully saturated rings. The Balaban J connectivity index is 1.78. The van der Waals surface area contributed by atoms with Crippen LogP contribution in [0.2, 0.25) is 0 Å². The first kappa shape index (κ1) is 28.4. The van der Waals surface area contributed by atoms with E-state index >= 15 is 0 Å². The van der Waals surface area contributed by atoms with Crippen LogP contribution in [-0.4, -0.2) is 41.1 Å². The summed E-state index contributed by atoms with van der Waals surface area (Å²) in [6.07, 6.45) is 0.689. The molecule has 0 aromatic heterocycles. The lowest BCUT2D eigenvalue weighted by Crippen LogP contribution is -2.29. The van der Waals surface area contributed by atoms with E-state index in [9.17, 15) is 24.6 Å². The van der Waals surface area contributed by atoms with Crippen LogP contribution in [0.15, 0.2) is 72.3 Å². The van der Waals surface area contributed by atoms with Gasteiger partial charge in [0.2, 0.25) is 0 Å². The van der Waals surface area contributed by atoms with Crippen LogP contribution in [0, 0.1) is 12.8 Å². The molecule has 0 spiro atoms. The van der Waals surface area contributed by atoms with Crippen molar-refractivity contribution in [2.75, 3.05) is 18.1 Å². The van der Waals surface area contributed by atoms with Gasteiger partial charge in [0.1, 0.15) is 17.3 Å². The highest BCUT2D eigenvalue weighted by Gasteiger charge is 2.47. The van der Waals surface area contributed by atoms with Gasteiger partial charge in [0.05, 0.1) is 30.4 Å². The van der Waals surface area contributed by atoms with Gasteiger partial charge in [-0.2, -0.15) is 0 Å². The maximum absolute atomic E-state index is 13.4. The predicted octanol–water partition coefficient (Wildman–Crippen LogP) is 5.93. The molecule has 4 rings (SSSR count). The molecule has 1 atom stereocenters. The minimum absolute atomic E-state index is 0.0169. The van der Waals surface area contributed by atoms with E-state index in [2.05, 4.69) is 0 Å². The van der Waals surface area contributed by atoms with E-state index in [0.717, 1.165) is 5.56 Å². The molecule has 0 aliphatic carbocycles. The van der Waals surface area contributed by atoms with Crippen molar-refractivity contribution in [3.63, 3.8) is 0 Å². The van der Waals surface area contributed by atoms with Crippen molar-refractivity contribution in [1.29, 1.82) is 0 Å². The second-order valence-electron chi connectivity index (χ2n) is 10.1. The molecule has 3 aromatic rings. The number of Topliss-reactive ketones (excluding diaryl/α,β-unsaturated/α-hetero) is 1. The molecular weight excluding hydrogens is 510 g/mol. The smallest absolute Gasteiger partial charge is 0.338 e. The summed E-state index contributed by atoms with van der Waals surface area (Å²) in [5, 5.41) is 21.3. The Kier molecular flexibility index (Phi) is 8.58. The van der Waals surface area contributed by atoms with Crippen LogP contribution in [0.4, 0.5) is 5.69 Å². The number of hydrogen-bond donors (Lipinski definition) is 2. The fourth-order valence-electron chi connectivity index (χ4n) is 4.48. The maximum atomic E-state index is 13.4. The van der Waals surface area contributed by atoms with Crippen molar-refractivity contribution in [1.82, 2.24) is 0 Å². The normalized spacial score (nSPS) is 16.4. The zero-order valence-corrected chi connectivity index (χ0v) is 23.0. The fourth-order valence-corrected chi connectivity index (χ4v) is 4.48. The van der Waals surface area contributed by atoms with E-state index < -0.39 is 23.7 Å². The molecule has 0 bridgehead atoms. The second kappa shape index (κ2) is 12.1. The SMILES string of the molecule is CCCOC(=O)c1ccc(N2C(=O)C(=O)/C(=C(\O)c3ccc(OCC(C)C)c(C)c3)C2c2ccc(O)cc2)cc1. The summed E-state index contributed by atoms with van der Waals surface area (Å²) in [5.74, 6) is -1.46. The van der Waals surface area contributed by atoms with Crippen LogP contribution in [0.3, 0.4) is 0 Å². The van der Waals surface area contributed by atoms with E-state index in [1.807, 2.05) is 27.7 Å². The standard InChI is InChI=1S/C32H33NO7/c1-5-16-39-32(38)22-6-11-24(12-7-22)33-28(21-8-13-25(34)14-9-21)27(30(36)31(33)37)29(35)23-10-15-26(20(4)17-23)40-18-19(2)3/h6-15,17,19,28,34-35H,5,16,18H2,1-4H3/b29-27-. The van der Waals surface area contributed by atoms with Gasteiger partial charge in [-0.3, -0.25) is 14.5 Å². The van der Waals surface area contributed by atoms with E-state index in [1.165, 1.54) is 29.2 Å². The molecule has 0 saturated carbocycles. The number of ketones is 1. The number of anilines is 1. The Morgan fingerprint density at radius 2 is 1.62 bits per heavy atom. The van der Waals surface area contributed by atoms with Gasteiger partial charge in [-0.25, -0.2) is 4.79 Å². The van der Waals surface area contributed by atoms with Crippen LogP contribution in [0.25, 0.3) is 5.76 Å². The van der Waals surface area contributed by atoms with E-state index in [1.54, 1.807) is 42.5 Å². The lowest BCUT2D eigenvalue weighted by Gasteiger charge is -2.25. The fraction of sp³-hybridized carbons (Fsp3) is 0.281.